The lowest BCUT2D eigenvalue weighted by Gasteiger charge is -2.10. The Balaban J connectivity index is 0.000000165. The van der Waals surface area contributed by atoms with E-state index in [-0.39, 0.29) is 10.9 Å². The van der Waals surface area contributed by atoms with E-state index in [9.17, 15) is 39.1 Å². The summed E-state index contributed by atoms with van der Waals surface area (Å²) in [5.74, 6) is -12.8. The zero-order valence-corrected chi connectivity index (χ0v) is 27.1. The molecule has 0 spiro atoms. The van der Waals surface area contributed by atoms with Crippen molar-refractivity contribution in [1.29, 1.82) is 0 Å². The number of benzene rings is 6. The molecule has 6 aromatic carbocycles. The van der Waals surface area contributed by atoms with Gasteiger partial charge in [0.1, 0.15) is 15.0 Å². The first-order valence-electron chi connectivity index (χ1n) is 13.9. The van der Waals surface area contributed by atoms with Gasteiger partial charge in [0.2, 0.25) is 5.82 Å². The fourth-order valence-electron chi connectivity index (χ4n) is 4.11. The van der Waals surface area contributed by atoms with Crippen molar-refractivity contribution in [2.45, 2.75) is 29.4 Å². The van der Waals surface area contributed by atoms with Crippen LogP contribution in [-0.2, 0) is 31.8 Å². The van der Waals surface area contributed by atoms with Gasteiger partial charge in [0.25, 0.3) is 0 Å². The Morgan fingerprint density at radius 3 is 0.958 bits per heavy atom. The third-order valence-corrected chi connectivity index (χ3v) is 10.8. The Kier molecular flexibility index (Phi) is 12.8. The molecule has 6 rings (SSSR count). The quantitative estimate of drug-likeness (QED) is 0.0569. The summed E-state index contributed by atoms with van der Waals surface area (Å²) < 4.78 is 105. The molecule has 0 atom stereocenters. The van der Waals surface area contributed by atoms with E-state index in [0.717, 1.165) is 9.79 Å². The van der Waals surface area contributed by atoms with E-state index >= 15 is 0 Å². The van der Waals surface area contributed by atoms with Crippen LogP contribution in [0.4, 0.5) is 22.0 Å². The summed E-state index contributed by atoms with van der Waals surface area (Å²) in [7, 11) is -6.83. The van der Waals surface area contributed by atoms with Crippen LogP contribution < -0.4 is 0 Å². The van der Waals surface area contributed by atoms with Gasteiger partial charge in [-0.05, 0) is 60.7 Å². The minimum atomic E-state index is -5.77. The van der Waals surface area contributed by atoms with Gasteiger partial charge in [0.15, 0.2) is 38.0 Å². The van der Waals surface area contributed by atoms with Crippen LogP contribution in [0.25, 0.3) is 0 Å². The summed E-state index contributed by atoms with van der Waals surface area (Å²) in [5, 5.41) is 0. The lowest BCUT2D eigenvalue weighted by molar-refractivity contribution is 0.350. The molecule has 0 aliphatic rings. The normalized spacial score (nSPS) is 10.9. The van der Waals surface area contributed by atoms with Crippen LogP contribution in [0.15, 0.2) is 181 Å². The third kappa shape index (κ3) is 9.26. The maximum Gasteiger partial charge on any atom is 0.200 e. The second-order valence-corrected chi connectivity index (χ2v) is 14.3. The van der Waals surface area contributed by atoms with Gasteiger partial charge in [-0.3, -0.25) is 0 Å². The van der Waals surface area contributed by atoms with E-state index < -0.39 is 54.9 Å². The summed E-state index contributed by atoms with van der Waals surface area (Å²) in [5.41, 5.74) is 0. The highest BCUT2D eigenvalue weighted by Gasteiger charge is 2.29. The van der Waals surface area contributed by atoms with Crippen LogP contribution in [0.3, 0.4) is 0 Å². The van der Waals surface area contributed by atoms with Crippen LogP contribution >= 0.6 is 0 Å². The molecule has 0 aromatic heterocycles. The number of rotatable bonds is 6. The van der Waals surface area contributed by atoms with Crippen molar-refractivity contribution >= 4 is 31.8 Å². The Labute approximate surface area is 280 Å². The number of hydrogen-bond donors (Lipinski definition) is 0. The summed E-state index contributed by atoms with van der Waals surface area (Å²) in [6.07, 6.45) is 0. The van der Waals surface area contributed by atoms with Crippen molar-refractivity contribution < 1.29 is 39.1 Å². The first-order chi connectivity index (χ1) is 23.0. The van der Waals surface area contributed by atoms with Crippen molar-refractivity contribution in [3.63, 3.8) is 0 Å². The molecule has 246 valence electrons. The fourth-order valence-corrected chi connectivity index (χ4v) is 7.91. The zero-order chi connectivity index (χ0) is 34.7. The van der Waals surface area contributed by atoms with E-state index in [1.165, 1.54) is 14.7 Å². The zero-order valence-electron chi connectivity index (χ0n) is 24.7. The van der Waals surface area contributed by atoms with Gasteiger partial charge in [-0.1, -0.05) is 91.0 Å². The van der Waals surface area contributed by atoms with Crippen molar-refractivity contribution in [1.82, 2.24) is 0 Å². The Bertz CT molecular complexity index is 1890. The van der Waals surface area contributed by atoms with Crippen LogP contribution in [0.2, 0.25) is 0 Å². The summed E-state index contributed by atoms with van der Waals surface area (Å²) in [4.78, 5) is 3.40. The van der Waals surface area contributed by atoms with Crippen LogP contribution in [0.1, 0.15) is 0 Å². The second kappa shape index (κ2) is 17.0. The standard InChI is InChI=1S/C18H15S.C12H10OS.C6HF5O3S/c1-4-10-16(11-5-1)19(17-12-6-2-7-13-17)18-14-8-3-9-15-18;13-14(11-7-3-1-4-8-11)12-9-5-2-6-10-12;7-1-2(8)4(10)6(15(12,13)14)5(11)3(1)9/h1-15H;1-10H;(H,12,13,14)/q+1;;/p-1. The molecule has 0 fully saturated rings. The van der Waals surface area contributed by atoms with Gasteiger partial charge in [-0.25, -0.2) is 34.6 Å². The van der Waals surface area contributed by atoms with E-state index in [4.69, 9.17) is 0 Å². The molecule has 6 aromatic rings. The van der Waals surface area contributed by atoms with Crippen LogP contribution in [-0.4, -0.2) is 17.2 Å². The van der Waals surface area contributed by atoms with Crippen molar-refractivity contribution in [3.8, 4) is 0 Å². The molecule has 0 bridgehead atoms. The first-order valence-corrected chi connectivity index (χ1v) is 17.7. The molecule has 0 N–H and O–H groups in total. The van der Waals surface area contributed by atoms with Crippen molar-refractivity contribution in [2.75, 3.05) is 0 Å². The average Bonchev–Trinajstić information content (AvgIpc) is 3.12. The maximum atomic E-state index is 12.6. The molecule has 0 aliphatic carbocycles. The molecular weight excluding hydrogens is 688 g/mol. The average molecular weight is 713 g/mol. The predicted octanol–water partition coefficient (Wildman–Crippen LogP) is 8.92. The number of halogens is 5. The minimum Gasteiger partial charge on any atom is -0.744 e. The maximum absolute atomic E-state index is 12.6. The van der Waals surface area contributed by atoms with E-state index in [1.54, 1.807) is 0 Å². The highest BCUT2D eigenvalue weighted by atomic mass is 32.2. The molecule has 12 heteroatoms. The molecule has 0 saturated carbocycles. The lowest BCUT2D eigenvalue weighted by Crippen LogP contribution is -2.12. The topological polar surface area (TPSA) is 74.3 Å². The highest BCUT2D eigenvalue weighted by Crippen LogP contribution is 2.30. The highest BCUT2D eigenvalue weighted by molar-refractivity contribution is 7.97. The third-order valence-electron chi connectivity index (χ3n) is 6.27. The molecule has 0 aliphatic heterocycles. The molecule has 4 nitrogen and oxygen atoms in total. The van der Waals surface area contributed by atoms with Gasteiger partial charge in [0, 0.05) is 9.79 Å². The summed E-state index contributed by atoms with van der Waals surface area (Å²) in [6, 6.07) is 51.1. The molecule has 0 amide bonds. The Morgan fingerprint density at radius 1 is 0.438 bits per heavy atom. The lowest BCUT2D eigenvalue weighted by atomic mass is 10.3. The molecule has 0 saturated heterocycles. The molecule has 48 heavy (non-hydrogen) atoms. The molecular formula is C36H25F5O4S3. The van der Waals surface area contributed by atoms with Crippen molar-refractivity contribution in [3.05, 3.63) is 181 Å². The minimum absolute atomic E-state index is 0.0146. The molecule has 0 unspecified atom stereocenters. The van der Waals surface area contributed by atoms with Gasteiger partial charge in [-0.2, -0.15) is 0 Å². The van der Waals surface area contributed by atoms with E-state index in [0.29, 0.717) is 0 Å². The molecule has 0 heterocycles. The van der Waals surface area contributed by atoms with Crippen molar-refractivity contribution in [2.24, 2.45) is 0 Å². The fraction of sp³-hybridized carbons (Fsp3) is 0. The largest absolute Gasteiger partial charge is 0.744 e. The van der Waals surface area contributed by atoms with Gasteiger partial charge in [-0.15, -0.1) is 0 Å². The van der Waals surface area contributed by atoms with Gasteiger partial charge in [0.05, 0.1) is 21.7 Å². The summed E-state index contributed by atoms with van der Waals surface area (Å²) >= 11 is 0. The predicted molar refractivity (Wildman–Crippen MR) is 173 cm³/mol. The van der Waals surface area contributed by atoms with Crippen LogP contribution in [0.5, 0.6) is 0 Å². The number of hydrogen-bond acceptors (Lipinski definition) is 4. The Morgan fingerprint density at radius 2 is 0.688 bits per heavy atom. The monoisotopic (exact) mass is 712 g/mol. The Hall–Kier alpha value is -4.62. The summed E-state index contributed by atoms with van der Waals surface area (Å²) in [6.45, 7) is 0. The van der Waals surface area contributed by atoms with E-state index in [1.807, 2.05) is 60.7 Å². The smallest absolute Gasteiger partial charge is 0.200 e. The SMILES string of the molecule is O=S(=O)([O-])c1c(F)c(F)c(F)c(F)c1F.O=S(c1ccccc1)c1ccccc1.c1ccc([S+](c2ccccc2)c2ccccc2)cc1. The van der Waals surface area contributed by atoms with Gasteiger partial charge >= 0.3 is 0 Å². The first kappa shape index (κ1) is 36.2. The van der Waals surface area contributed by atoms with Gasteiger partial charge < -0.3 is 4.55 Å². The van der Waals surface area contributed by atoms with Crippen LogP contribution in [0, 0.1) is 29.1 Å². The second-order valence-electron chi connectivity index (χ2n) is 9.49. The molecule has 0 radical (unpaired) electrons. The van der Waals surface area contributed by atoms with E-state index in [2.05, 4.69) is 91.0 Å².